The van der Waals surface area contributed by atoms with Gasteiger partial charge in [0, 0.05) is 7.11 Å². The molecule has 120 valence electrons. The Balaban J connectivity index is 2.32. The van der Waals surface area contributed by atoms with Gasteiger partial charge in [0.15, 0.2) is 0 Å². The van der Waals surface area contributed by atoms with E-state index in [-0.39, 0.29) is 5.60 Å². The lowest BCUT2D eigenvalue weighted by Crippen LogP contribution is -2.33. The van der Waals surface area contributed by atoms with Crippen LogP contribution >= 0.6 is 0 Å². The number of methoxy groups -OCH3 is 2. The predicted molar refractivity (Wildman–Crippen MR) is 86.8 cm³/mol. The molecule has 0 saturated carbocycles. The molecule has 0 heterocycles. The average molecular weight is 294 g/mol. The standard InChI is InChI=1S/C18H30O3/c1-5-6-7-8-13-18(2,20-4)15-21-14-16-9-11-17(19-3)12-10-16/h9-12H,5-8,13-15H2,1-4H3/t18-/m0/s1. The van der Waals surface area contributed by atoms with Crippen molar-refractivity contribution < 1.29 is 14.2 Å². The molecule has 3 heteroatoms. The van der Waals surface area contributed by atoms with Gasteiger partial charge >= 0.3 is 0 Å². The molecule has 0 aliphatic carbocycles. The van der Waals surface area contributed by atoms with E-state index in [1.807, 2.05) is 24.3 Å². The first kappa shape index (κ1) is 18.0. The molecule has 0 bridgehead atoms. The van der Waals surface area contributed by atoms with Crippen LogP contribution in [0.2, 0.25) is 0 Å². The summed E-state index contributed by atoms with van der Waals surface area (Å²) in [4.78, 5) is 0. The first-order valence-electron chi connectivity index (χ1n) is 7.89. The van der Waals surface area contributed by atoms with Crippen LogP contribution in [0.4, 0.5) is 0 Å². The Labute approximate surface area is 129 Å². The summed E-state index contributed by atoms with van der Waals surface area (Å²) in [5.41, 5.74) is 0.973. The fraction of sp³-hybridized carbons (Fsp3) is 0.667. The van der Waals surface area contributed by atoms with E-state index in [1.165, 1.54) is 25.7 Å². The van der Waals surface area contributed by atoms with Gasteiger partial charge in [0.1, 0.15) is 5.75 Å². The molecule has 1 rings (SSSR count). The van der Waals surface area contributed by atoms with E-state index in [9.17, 15) is 0 Å². The number of hydrogen-bond donors (Lipinski definition) is 0. The van der Waals surface area contributed by atoms with Gasteiger partial charge in [-0.3, -0.25) is 0 Å². The van der Waals surface area contributed by atoms with Crippen LogP contribution in [0, 0.1) is 0 Å². The van der Waals surface area contributed by atoms with Gasteiger partial charge in [0.25, 0.3) is 0 Å². The molecule has 0 aromatic heterocycles. The molecule has 0 aliphatic heterocycles. The Kier molecular flexibility index (Phi) is 8.40. The third kappa shape index (κ3) is 6.96. The Hall–Kier alpha value is -1.06. The van der Waals surface area contributed by atoms with E-state index in [4.69, 9.17) is 14.2 Å². The van der Waals surface area contributed by atoms with Gasteiger partial charge in [-0.15, -0.1) is 0 Å². The Morgan fingerprint density at radius 3 is 2.29 bits per heavy atom. The van der Waals surface area contributed by atoms with Gasteiger partial charge in [0.05, 0.1) is 25.9 Å². The molecule has 1 atom stereocenters. The minimum Gasteiger partial charge on any atom is -0.497 e. The summed E-state index contributed by atoms with van der Waals surface area (Å²) in [6, 6.07) is 7.98. The molecule has 3 nitrogen and oxygen atoms in total. The van der Waals surface area contributed by atoms with Crippen LogP contribution in [0.3, 0.4) is 0 Å². The van der Waals surface area contributed by atoms with E-state index in [1.54, 1.807) is 14.2 Å². The molecule has 0 amide bonds. The quantitative estimate of drug-likeness (QED) is 0.559. The van der Waals surface area contributed by atoms with Gasteiger partial charge in [0.2, 0.25) is 0 Å². The second kappa shape index (κ2) is 9.80. The molecular weight excluding hydrogens is 264 g/mol. The highest BCUT2D eigenvalue weighted by molar-refractivity contribution is 5.26. The summed E-state index contributed by atoms with van der Waals surface area (Å²) in [6.07, 6.45) is 6.08. The smallest absolute Gasteiger partial charge is 0.118 e. The van der Waals surface area contributed by atoms with Crippen molar-refractivity contribution in [3.63, 3.8) is 0 Å². The zero-order valence-corrected chi connectivity index (χ0v) is 14.0. The number of hydrogen-bond acceptors (Lipinski definition) is 3. The van der Waals surface area contributed by atoms with Gasteiger partial charge in [-0.05, 0) is 31.0 Å². The highest BCUT2D eigenvalue weighted by Crippen LogP contribution is 2.20. The van der Waals surface area contributed by atoms with Crippen molar-refractivity contribution >= 4 is 0 Å². The SMILES string of the molecule is CCCCCC[C@@](C)(COCc1ccc(OC)cc1)OC. The van der Waals surface area contributed by atoms with Gasteiger partial charge in [-0.25, -0.2) is 0 Å². The molecule has 21 heavy (non-hydrogen) atoms. The van der Waals surface area contributed by atoms with Gasteiger partial charge in [-0.1, -0.05) is 44.7 Å². The Morgan fingerprint density at radius 2 is 1.71 bits per heavy atom. The lowest BCUT2D eigenvalue weighted by atomic mass is 9.98. The summed E-state index contributed by atoms with van der Waals surface area (Å²) in [7, 11) is 3.45. The van der Waals surface area contributed by atoms with E-state index in [0.29, 0.717) is 13.2 Å². The maximum absolute atomic E-state index is 5.84. The van der Waals surface area contributed by atoms with Crippen LogP contribution in [0.5, 0.6) is 5.75 Å². The first-order valence-corrected chi connectivity index (χ1v) is 7.89. The summed E-state index contributed by atoms with van der Waals surface area (Å²) in [5.74, 6) is 0.872. The largest absolute Gasteiger partial charge is 0.497 e. The normalized spacial score (nSPS) is 13.9. The average Bonchev–Trinajstić information content (AvgIpc) is 2.52. The molecular formula is C18H30O3. The second-order valence-electron chi connectivity index (χ2n) is 5.81. The second-order valence-corrected chi connectivity index (χ2v) is 5.81. The highest BCUT2D eigenvalue weighted by Gasteiger charge is 2.23. The lowest BCUT2D eigenvalue weighted by Gasteiger charge is -2.28. The third-order valence-corrected chi connectivity index (χ3v) is 3.89. The highest BCUT2D eigenvalue weighted by atomic mass is 16.5. The Bertz CT molecular complexity index is 375. The zero-order chi connectivity index (χ0) is 15.6. The number of rotatable bonds is 11. The van der Waals surface area contributed by atoms with E-state index >= 15 is 0 Å². The molecule has 1 aromatic carbocycles. The molecule has 0 spiro atoms. The van der Waals surface area contributed by atoms with Crippen LogP contribution in [0.15, 0.2) is 24.3 Å². The van der Waals surface area contributed by atoms with Crippen LogP contribution in [-0.4, -0.2) is 26.4 Å². The molecule has 1 aromatic rings. The van der Waals surface area contributed by atoms with Crippen LogP contribution in [0.1, 0.15) is 51.5 Å². The number of ether oxygens (including phenoxy) is 3. The molecule has 0 N–H and O–H groups in total. The molecule has 0 saturated heterocycles. The van der Waals surface area contributed by atoms with Crippen molar-refractivity contribution in [2.45, 2.75) is 58.2 Å². The third-order valence-electron chi connectivity index (χ3n) is 3.89. The fourth-order valence-electron chi connectivity index (χ4n) is 2.27. The maximum atomic E-state index is 5.84. The van der Waals surface area contributed by atoms with E-state index in [2.05, 4.69) is 13.8 Å². The topological polar surface area (TPSA) is 27.7 Å². The van der Waals surface area contributed by atoms with Crippen molar-refractivity contribution in [1.82, 2.24) is 0 Å². The lowest BCUT2D eigenvalue weighted by molar-refractivity contribution is -0.0734. The van der Waals surface area contributed by atoms with Crippen molar-refractivity contribution in [2.24, 2.45) is 0 Å². The van der Waals surface area contributed by atoms with Crippen molar-refractivity contribution in [3.05, 3.63) is 29.8 Å². The molecule has 0 radical (unpaired) electrons. The van der Waals surface area contributed by atoms with Crippen LogP contribution in [0.25, 0.3) is 0 Å². The maximum Gasteiger partial charge on any atom is 0.118 e. The van der Waals surface area contributed by atoms with Gasteiger partial charge < -0.3 is 14.2 Å². The van der Waals surface area contributed by atoms with Gasteiger partial charge in [-0.2, -0.15) is 0 Å². The van der Waals surface area contributed by atoms with Crippen molar-refractivity contribution in [2.75, 3.05) is 20.8 Å². The minimum absolute atomic E-state index is 0.180. The number of benzene rings is 1. The Morgan fingerprint density at radius 1 is 1.00 bits per heavy atom. The summed E-state index contributed by atoms with van der Waals surface area (Å²) >= 11 is 0. The molecule has 0 fully saturated rings. The van der Waals surface area contributed by atoms with Crippen LogP contribution in [-0.2, 0) is 16.1 Å². The minimum atomic E-state index is -0.180. The van der Waals surface area contributed by atoms with E-state index in [0.717, 1.165) is 17.7 Å². The summed E-state index contributed by atoms with van der Waals surface area (Å²) < 4.78 is 16.6. The van der Waals surface area contributed by atoms with Crippen molar-refractivity contribution in [1.29, 1.82) is 0 Å². The van der Waals surface area contributed by atoms with E-state index < -0.39 is 0 Å². The number of unbranched alkanes of at least 4 members (excludes halogenated alkanes) is 3. The first-order chi connectivity index (χ1) is 10.1. The molecule has 0 unspecified atom stereocenters. The predicted octanol–water partition coefficient (Wildman–Crippen LogP) is 4.59. The molecule has 0 aliphatic rings. The van der Waals surface area contributed by atoms with Crippen LogP contribution < -0.4 is 4.74 Å². The monoisotopic (exact) mass is 294 g/mol. The van der Waals surface area contributed by atoms with Crippen molar-refractivity contribution in [3.8, 4) is 5.75 Å². The summed E-state index contributed by atoms with van der Waals surface area (Å²) in [5, 5.41) is 0. The zero-order valence-electron chi connectivity index (χ0n) is 14.0. The fourth-order valence-corrected chi connectivity index (χ4v) is 2.27. The summed E-state index contributed by atoms with van der Waals surface area (Å²) in [6.45, 7) is 5.60.